The molecule has 2 aromatic carbocycles. The summed E-state index contributed by atoms with van der Waals surface area (Å²) in [6.45, 7) is 6.12. The first-order valence-corrected chi connectivity index (χ1v) is 8.76. The summed E-state index contributed by atoms with van der Waals surface area (Å²) in [5.74, 6) is -0.564. The normalized spacial score (nSPS) is 11.1. The molecule has 5 heteroatoms. The third-order valence-electron chi connectivity index (χ3n) is 4.43. The van der Waals surface area contributed by atoms with E-state index in [1.807, 2.05) is 19.9 Å². The van der Waals surface area contributed by atoms with Crippen molar-refractivity contribution in [2.75, 3.05) is 0 Å². The summed E-state index contributed by atoms with van der Waals surface area (Å²) in [6.07, 6.45) is 1.80. The third kappa shape index (κ3) is 4.50. The maximum atomic E-state index is 12.9. The van der Waals surface area contributed by atoms with Crippen LogP contribution in [0.4, 0.5) is 4.39 Å². The number of hydrogen-bond acceptors (Lipinski definition) is 2. The number of aromatic nitrogens is 1. The van der Waals surface area contributed by atoms with Crippen molar-refractivity contribution in [2.45, 2.75) is 27.2 Å². The minimum Gasteiger partial charge on any atom is -0.318 e. The number of carbonyl (C=O) groups excluding carboxylic acids is 1. The number of hydrazone groups is 1. The van der Waals surface area contributed by atoms with Gasteiger partial charge in [-0.3, -0.25) is 4.79 Å². The summed E-state index contributed by atoms with van der Waals surface area (Å²) < 4.78 is 15.1. The highest BCUT2D eigenvalue weighted by Gasteiger charge is 2.09. The molecule has 27 heavy (non-hydrogen) atoms. The van der Waals surface area contributed by atoms with E-state index in [9.17, 15) is 9.18 Å². The van der Waals surface area contributed by atoms with Crippen molar-refractivity contribution < 1.29 is 9.18 Å². The Morgan fingerprint density at radius 3 is 2.41 bits per heavy atom. The molecule has 1 aromatic heterocycles. The van der Waals surface area contributed by atoms with Crippen molar-refractivity contribution in [3.63, 3.8) is 0 Å². The highest BCUT2D eigenvalue weighted by atomic mass is 19.1. The van der Waals surface area contributed by atoms with Crippen LogP contribution in [0.2, 0.25) is 0 Å². The highest BCUT2D eigenvalue weighted by molar-refractivity contribution is 5.84. The molecular weight excluding hydrogens is 341 g/mol. The van der Waals surface area contributed by atoms with Crippen LogP contribution in [0, 0.1) is 26.6 Å². The lowest BCUT2D eigenvalue weighted by atomic mass is 10.1. The number of nitrogens with one attached hydrogen (secondary N) is 1. The fourth-order valence-corrected chi connectivity index (χ4v) is 3.01. The Morgan fingerprint density at radius 2 is 1.74 bits per heavy atom. The van der Waals surface area contributed by atoms with Crippen LogP contribution in [-0.2, 0) is 11.2 Å². The summed E-state index contributed by atoms with van der Waals surface area (Å²) in [5, 5.41) is 4.07. The van der Waals surface area contributed by atoms with Gasteiger partial charge in [-0.25, -0.2) is 9.82 Å². The Hall–Kier alpha value is -3.21. The molecule has 138 valence electrons. The van der Waals surface area contributed by atoms with Crippen molar-refractivity contribution in [1.29, 1.82) is 0 Å². The van der Waals surface area contributed by atoms with Gasteiger partial charge in [0.2, 0.25) is 5.91 Å². The lowest BCUT2D eigenvalue weighted by molar-refractivity contribution is -0.120. The molecule has 0 aliphatic carbocycles. The van der Waals surface area contributed by atoms with Gasteiger partial charge in [0.25, 0.3) is 0 Å². The number of nitrogens with zero attached hydrogens (tertiary/aromatic N) is 2. The van der Waals surface area contributed by atoms with Crippen LogP contribution in [0.1, 0.15) is 28.1 Å². The molecule has 0 saturated heterocycles. The van der Waals surface area contributed by atoms with Gasteiger partial charge < -0.3 is 4.57 Å². The van der Waals surface area contributed by atoms with Crippen LogP contribution < -0.4 is 5.43 Å². The van der Waals surface area contributed by atoms with E-state index in [1.54, 1.807) is 18.3 Å². The lowest BCUT2D eigenvalue weighted by Crippen LogP contribution is -2.19. The van der Waals surface area contributed by atoms with Gasteiger partial charge in [0.1, 0.15) is 5.82 Å². The molecule has 0 unspecified atom stereocenters. The van der Waals surface area contributed by atoms with Crippen LogP contribution in [0.15, 0.2) is 59.7 Å². The van der Waals surface area contributed by atoms with Crippen LogP contribution in [0.3, 0.4) is 0 Å². The first kappa shape index (κ1) is 18.6. The maximum Gasteiger partial charge on any atom is 0.244 e. The minimum atomic E-state index is -0.318. The van der Waals surface area contributed by atoms with Gasteiger partial charge >= 0.3 is 0 Å². The standard InChI is InChI=1S/C22H22FN3O/c1-15-4-10-21(11-5-15)26-16(2)12-19(17(26)3)14-24-25-22(27)13-18-6-8-20(23)9-7-18/h4-12,14H,13H2,1-3H3,(H,25,27)/b24-14-. The molecule has 0 spiro atoms. The second-order valence-electron chi connectivity index (χ2n) is 6.59. The summed E-state index contributed by atoms with van der Waals surface area (Å²) in [4.78, 5) is 12.0. The van der Waals surface area contributed by atoms with E-state index in [0.717, 1.165) is 28.2 Å². The van der Waals surface area contributed by atoms with E-state index in [-0.39, 0.29) is 18.1 Å². The molecule has 1 heterocycles. The third-order valence-corrected chi connectivity index (χ3v) is 4.43. The van der Waals surface area contributed by atoms with E-state index in [2.05, 4.69) is 46.3 Å². The van der Waals surface area contributed by atoms with Crippen molar-refractivity contribution in [2.24, 2.45) is 5.10 Å². The molecular formula is C22H22FN3O. The Kier molecular flexibility index (Phi) is 5.50. The zero-order valence-electron chi connectivity index (χ0n) is 15.7. The van der Waals surface area contributed by atoms with E-state index in [0.29, 0.717) is 0 Å². The molecule has 3 aromatic rings. The largest absolute Gasteiger partial charge is 0.318 e. The fraction of sp³-hybridized carbons (Fsp3) is 0.182. The first-order chi connectivity index (χ1) is 12.9. The van der Waals surface area contributed by atoms with Crippen molar-refractivity contribution in [3.05, 3.63) is 88.5 Å². The molecule has 0 aliphatic rings. The summed E-state index contributed by atoms with van der Waals surface area (Å²) in [6, 6.07) is 16.2. The molecule has 0 fully saturated rings. The average molecular weight is 363 g/mol. The Bertz CT molecular complexity index is 970. The molecule has 4 nitrogen and oxygen atoms in total. The minimum absolute atomic E-state index is 0.153. The van der Waals surface area contributed by atoms with Gasteiger partial charge in [-0.1, -0.05) is 29.8 Å². The van der Waals surface area contributed by atoms with E-state index in [4.69, 9.17) is 0 Å². The van der Waals surface area contributed by atoms with Gasteiger partial charge in [0.15, 0.2) is 0 Å². The van der Waals surface area contributed by atoms with Gasteiger partial charge in [0.05, 0.1) is 12.6 Å². The molecule has 0 aliphatic heterocycles. The van der Waals surface area contributed by atoms with Crippen molar-refractivity contribution in [3.8, 4) is 5.69 Å². The van der Waals surface area contributed by atoms with Gasteiger partial charge in [-0.15, -0.1) is 0 Å². The van der Waals surface area contributed by atoms with Crippen LogP contribution in [-0.4, -0.2) is 16.7 Å². The lowest BCUT2D eigenvalue weighted by Gasteiger charge is -2.09. The number of halogens is 1. The maximum absolute atomic E-state index is 12.9. The first-order valence-electron chi connectivity index (χ1n) is 8.76. The molecule has 1 amide bonds. The quantitative estimate of drug-likeness (QED) is 0.535. The smallest absolute Gasteiger partial charge is 0.244 e. The number of amides is 1. The number of rotatable bonds is 5. The van der Waals surface area contributed by atoms with Gasteiger partial charge in [0, 0.05) is 22.6 Å². The Morgan fingerprint density at radius 1 is 1.07 bits per heavy atom. The van der Waals surface area contributed by atoms with Crippen LogP contribution >= 0.6 is 0 Å². The van der Waals surface area contributed by atoms with Gasteiger partial charge in [-0.2, -0.15) is 5.10 Å². The second kappa shape index (κ2) is 7.99. The number of hydrogen-bond donors (Lipinski definition) is 1. The molecule has 3 rings (SSSR count). The number of aryl methyl sites for hydroxylation is 2. The monoisotopic (exact) mass is 363 g/mol. The van der Waals surface area contributed by atoms with E-state index >= 15 is 0 Å². The average Bonchev–Trinajstić information content (AvgIpc) is 2.92. The summed E-state index contributed by atoms with van der Waals surface area (Å²) in [7, 11) is 0. The summed E-state index contributed by atoms with van der Waals surface area (Å²) in [5.41, 5.74) is 8.65. The number of benzene rings is 2. The molecule has 0 bridgehead atoms. The zero-order chi connectivity index (χ0) is 19.4. The number of carbonyl (C=O) groups is 1. The van der Waals surface area contributed by atoms with Gasteiger partial charge in [-0.05, 0) is 56.7 Å². The molecule has 0 radical (unpaired) electrons. The van der Waals surface area contributed by atoms with Crippen LogP contribution in [0.25, 0.3) is 5.69 Å². The topological polar surface area (TPSA) is 46.4 Å². The van der Waals surface area contributed by atoms with Crippen LogP contribution in [0.5, 0.6) is 0 Å². The van der Waals surface area contributed by atoms with Crippen molar-refractivity contribution in [1.82, 2.24) is 9.99 Å². The molecule has 0 atom stereocenters. The second-order valence-corrected chi connectivity index (χ2v) is 6.59. The van der Waals surface area contributed by atoms with Crippen molar-refractivity contribution >= 4 is 12.1 Å². The predicted octanol–water partition coefficient (Wildman–Crippen LogP) is 4.23. The Labute approximate surface area is 158 Å². The fourth-order valence-electron chi connectivity index (χ4n) is 3.01. The zero-order valence-corrected chi connectivity index (χ0v) is 15.7. The molecule has 0 saturated carbocycles. The van der Waals surface area contributed by atoms with E-state index < -0.39 is 0 Å². The Balaban J connectivity index is 1.68. The summed E-state index contributed by atoms with van der Waals surface area (Å²) >= 11 is 0. The predicted molar refractivity (Wildman–Crippen MR) is 106 cm³/mol. The molecule has 1 N–H and O–H groups in total. The highest BCUT2D eigenvalue weighted by Crippen LogP contribution is 2.20. The van der Waals surface area contributed by atoms with E-state index in [1.165, 1.54) is 17.7 Å². The SMILES string of the molecule is Cc1ccc(-n2c(C)cc(/C=N\NC(=O)Cc3ccc(F)cc3)c2C)cc1.